The Hall–Kier alpha value is -2.01. The van der Waals surface area contributed by atoms with E-state index in [1.807, 2.05) is 5.38 Å². The molecule has 2 rings (SSSR count). The Balaban J connectivity index is 2.04. The van der Waals surface area contributed by atoms with Crippen LogP contribution in [0.3, 0.4) is 0 Å². The lowest BCUT2D eigenvalue weighted by Crippen LogP contribution is -2.07. The Morgan fingerprint density at radius 1 is 1.42 bits per heavy atom. The molecule has 0 spiro atoms. The molecule has 19 heavy (non-hydrogen) atoms. The van der Waals surface area contributed by atoms with Crippen LogP contribution < -0.4 is 11.1 Å². The lowest BCUT2D eigenvalue weighted by atomic mass is 10.1. The predicted octanol–water partition coefficient (Wildman–Crippen LogP) is 3.12. The van der Waals surface area contributed by atoms with Crippen molar-refractivity contribution in [1.29, 1.82) is 0 Å². The number of ether oxygens (including phenoxy) is 1. The fourth-order valence-electron chi connectivity index (χ4n) is 1.66. The number of carbonyl (C=O) groups excluding carboxylic acids is 1. The molecular formula is C14H16N2O2S. The molecule has 4 nitrogen and oxygen atoms in total. The van der Waals surface area contributed by atoms with Gasteiger partial charge in [-0.3, -0.25) is 0 Å². The van der Waals surface area contributed by atoms with E-state index < -0.39 is 0 Å². The number of carbonyl (C=O) groups is 1. The molecule has 100 valence electrons. The van der Waals surface area contributed by atoms with Crippen LogP contribution in [0.1, 0.15) is 22.8 Å². The van der Waals surface area contributed by atoms with Gasteiger partial charge in [0.25, 0.3) is 0 Å². The van der Waals surface area contributed by atoms with Gasteiger partial charge in [-0.05, 0) is 47.5 Å². The average Bonchev–Trinajstić information content (AvgIpc) is 2.90. The molecule has 0 bridgehead atoms. The van der Waals surface area contributed by atoms with Crippen molar-refractivity contribution in [3.8, 4) is 0 Å². The van der Waals surface area contributed by atoms with Crippen molar-refractivity contribution in [3.63, 3.8) is 0 Å². The van der Waals surface area contributed by atoms with Crippen LogP contribution in [0.25, 0.3) is 0 Å². The van der Waals surface area contributed by atoms with E-state index in [1.54, 1.807) is 36.5 Å². The van der Waals surface area contributed by atoms with Gasteiger partial charge < -0.3 is 15.8 Å². The van der Waals surface area contributed by atoms with E-state index in [1.165, 1.54) is 5.56 Å². The van der Waals surface area contributed by atoms with Gasteiger partial charge in [0.1, 0.15) is 0 Å². The number of nitrogens with one attached hydrogen (secondary N) is 1. The number of thiophene rings is 1. The molecule has 3 N–H and O–H groups in total. The van der Waals surface area contributed by atoms with Crippen LogP contribution in [-0.2, 0) is 11.3 Å². The number of hydrogen-bond donors (Lipinski definition) is 2. The monoisotopic (exact) mass is 276 g/mol. The largest absolute Gasteiger partial charge is 0.462 e. The average molecular weight is 276 g/mol. The van der Waals surface area contributed by atoms with Crippen LogP contribution in [0.5, 0.6) is 0 Å². The third-order valence-corrected chi connectivity index (χ3v) is 3.36. The Morgan fingerprint density at radius 2 is 2.26 bits per heavy atom. The fraction of sp³-hybridized carbons (Fsp3) is 0.214. The maximum absolute atomic E-state index is 11.6. The number of benzene rings is 1. The first-order valence-electron chi connectivity index (χ1n) is 6.02. The maximum Gasteiger partial charge on any atom is 0.338 e. The Kier molecular flexibility index (Phi) is 4.41. The molecule has 0 radical (unpaired) electrons. The van der Waals surface area contributed by atoms with Crippen molar-refractivity contribution in [1.82, 2.24) is 0 Å². The van der Waals surface area contributed by atoms with Crippen molar-refractivity contribution in [2.24, 2.45) is 0 Å². The summed E-state index contributed by atoms with van der Waals surface area (Å²) < 4.78 is 4.93. The van der Waals surface area contributed by atoms with Gasteiger partial charge in [0, 0.05) is 6.54 Å². The third-order valence-electron chi connectivity index (χ3n) is 2.63. The zero-order valence-corrected chi connectivity index (χ0v) is 11.5. The van der Waals surface area contributed by atoms with Gasteiger partial charge in [0.2, 0.25) is 0 Å². The zero-order valence-electron chi connectivity index (χ0n) is 10.7. The lowest BCUT2D eigenvalue weighted by Gasteiger charge is -2.10. The molecule has 5 heteroatoms. The third kappa shape index (κ3) is 3.48. The molecule has 0 saturated heterocycles. The number of nitrogen functional groups attached to an aromatic ring is 1. The van der Waals surface area contributed by atoms with E-state index >= 15 is 0 Å². The molecule has 0 amide bonds. The van der Waals surface area contributed by atoms with E-state index in [2.05, 4.69) is 16.8 Å². The molecule has 0 aliphatic rings. The highest BCUT2D eigenvalue weighted by Gasteiger charge is 2.08. The summed E-state index contributed by atoms with van der Waals surface area (Å²) in [5.41, 5.74) is 8.97. The number of nitrogens with two attached hydrogens (primary N) is 1. The summed E-state index contributed by atoms with van der Waals surface area (Å²) in [5.74, 6) is -0.349. The quantitative estimate of drug-likeness (QED) is 0.650. The topological polar surface area (TPSA) is 64.3 Å². The number of rotatable bonds is 5. The summed E-state index contributed by atoms with van der Waals surface area (Å²) in [6.07, 6.45) is 0. The molecule has 1 heterocycles. The van der Waals surface area contributed by atoms with Gasteiger partial charge >= 0.3 is 5.97 Å². The van der Waals surface area contributed by atoms with Crippen molar-refractivity contribution in [2.75, 3.05) is 17.7 Å². The second-order valence-electron chi connectivity index (χ2n) is 4.01. The predicted molar refractivity (Wildman–Crippen MR) is 78.5 cm³/mol. The smallest absolute Gasteiger partial charge is 0.338 e. The van der Waals surface area contributed by atoms with E-state index in [0.29, 0.717) is 24.4 Å². The van der Waals surface area contributed by atoms with Crippen molar-refractivity contribution in [3.05, 3.63) is 46.2 Å². The van der Waals surface area contributed by atoms with Crippen LogP contribution in [0.15, 0.2) is 35.0 Å². The van der Waals surface area contributed by atoms with Gasteiger partial charge in [-0.15, -0.1) is 0 Å². The Labute approximate surface area is 116 Å². The van der Waals surface area contributed by atoms with Crippen molar-refractivity contribution >= 4 is 28.7 Å². The molecule has 0 aliphatic carbocycles. The molecule has 0 atom stereocenters. The van der Waals surface area contributed by atoms with Crippen LogP contribution in [0, 0.1) is 0 Å². The SMILES string of the molecule is CCOC(=O)c1ccc(NCc2ccsc2)c(N)c1. The van der Waals surface area contributed by atoms with Gasteiger partial charge in [0.05, 0.1) is 23.5 Å². The summed E-state index contributed by atoms with van der Waals surface area (Å²) in [5, 5.41) is 7.35. The summed E-state index contributed by atoms with van der Waals surface area (Å²) in [7, 11) is 0. The highest BCUT2D eigenvalue weighted by atomic mass is 32.1. The molecule has 0 saturated carbocycles. The molecular weight excluding hydrogens is 260 g/mol. The lowest BCUT2D eigenvalue weighted by molar-refractivity contribution is 0.0526. The second-order valence-corrected chi connectivity index (χ2v) is 4.79. The molecule has 1 aromatic carbocycles. The molecule has 0 unspecified atom stereocenters. The van der Waals surface area contributed by atoms with Crippen LogP contribution in [0.4, 0.5) is 11.4 Å². The summed E-state index contributed by atoms with van der Waals surface area (Å²) in [4.78, 5) is 11.6. The van der Waals surface area contributed by atoms with Gasteiger partial charge in [0.15, 0.2) is 0 Å². The normalized spacial score (nSPS) is 10.2. The minimum absolute atomic E-state index is 0.349. The number of hydrogen-bond acceptors (Lipinski definition) is 5. The fourth-order valence-corrected chi connectivity index (χ4v) is 2.32. The van der Waals surface area contributed by atoms with Gasteiger partial charge in [-0.2, -0.15) is 11.3 Å². The summed E-state index contributed by atoms with van der Waals surface area (Å²) in [6, 6.07) is 7.20. The zero-order chi connectivity index (χ0) is 13.7. The summed E-state index contributed by atoms with van der Waals surface area (Å²) in [6.45, 7) is 2.85. The van der Waals surface area contributed by atoms with E-state index in [-0.39, 0.29) is 5.97 Å². The van der Waals surface area contributed by atoms with Crippen LogP contribution in [0.2, 0.25) is 0 Å². The Morgan fingerprint density at radius 3 is 2.89 bits per heavy atom. The van der Waals surface area contributed by atoms with Gasteiger partial charge in [-0.1, -0.05) is 0 Å². The highest BCUT2D eigenvalue weighted by molar-refractivity contribution is 7.07. The Bertz CT molecular complexity index is 553. The first-order valence-corrected chi connectivity index (χ1v) is 6.96. The minimum atomic E-state index is -0.349. The molecule has 0 aliphatic heterocycles. The highest BCUT2D eigenvalue weighted by Crippen LogP contribution is 2.21. The number of anilines is 2. The second kappa shape index (κ2) is 6.24. The first-order chi connectivity index (χ1) is 9.20. The van der Waals surface area contributed by atoms with E-state index in [9.17, 15) is 4.79 Å². The van der Waals surface area contributed by atoms with Crippen molar-refractivity contribution in [2.45, 2.75) is 13.5 Å². The van der Waals surface area contributed by atoms with Gasteiger partial charge in [-0.25, -0.2) is 4.79 Å². The van der Waals surface area contributed by atoms with E-state index in [0.717, 1.165) is 5.69 Å². The van der Waals surface area contributed by atoms with Crippen LogP contribution >= 0.6 is 11.3 Å². The van der Waals surface area contributed by atoms with Crippen molar-refractivity contribution < 1.29 is 9.53 Å². The molecule has 1 aromatic heterocycles. The van der Waals surface area contributed by atoms with Crippen LogP contribution in [-0.4, -0.2) is 12.6 Å². The summed E-state index contributed by atoms with van der Waals surface area (Å²) >= 11 is 1.66. The first kappa shape index (κ1) is 13.4. The number of esters is 1. The molecule has 0 fully saturated rings. The maximum atomic E-state index is 11.6. The molecule has 2 aromatic rings. The standard InChI is InChI=1S/C14H16N2O2S/c1-2-18-14(17)11-3-4-13(12(15)7-11)16-8-10-5-6-19-9-10/h3-7,9,16H,2,8,15H2,1H3. The minimum Gasteiger partial charge on any atom is -0.462 e. The van der Waals surface area contributed by atoms with E-state index in [4.69, 9.17) is 10.5 Å².